The molecule has 0 radical (unpaired) electrons. The molecule has 2 heterocycles. The lowest BCUT2D eigenvalue weighted by Gasteiger charge is -2.39. The predicted octanol–water partition coefficient (Wildman–Crippen LogP) is 3.47. The molecule has 2 aliphatic heterocycles. The van der Waals surface area contributed by atoms with Crippen molar-refractivity contribution in [3.63, 3.8) is 0 Å². The average molecular weight is 504 g/mol. The first-order valence-corrected chi connectivity index (χ1v) is 12.1. The maximum atomic E-state index is 14.7. The highest BCUT2D eigenvalue weighted by molar-refractivity contribution is 6.16. The number of amides is 2. The molecule has 3 aromatic rings. The number of hydrogen-bond acceptors (Lipinski definition) is 6. The van der Waals surface area contributed by atoms with Crippen LogP contribution in [-0.4, -0.2) is 29.8 Å². The standard InChI is InChI=1S/C29H21N5O4/c1-32-22-13-7-5-11-20(22)28(25(32)35)15-24(34(37)38)29(27(28,17-30)18-31)21-12-6-8-14-23(21)33(26(29)36)16-19-9-3-2-4-10-19/h2-14,24H,15-16H2,1H3. The highest BCUT2D eigenvalue weighted by Crippen LogP contribution is 2.71. The van der Waals surface area contributed by atoms with Gasteiger partial charge in [-0.3, -0.25) is 19.7 Å². The number of nitro groups is 1. The van der Waals surface area contributed by atoms with Gasteiger partial charge in [0.05, 0.1) is 18.7 Å². The molecule has 6 rings (SSSR count). The number of benzene rings is 3. The van der Waals surface area contributed by atoms with Crippen molar-refractivity contribution in [3.8, 4) is 12.1 Å². The molecule has 1 fully saturated rings. The summed E-state index contributed by atoms with van der Waals surface area (Å²) in [4.78, 5) is 43.8. The van der Waals surface area contributed by atoms with Crippen molar-refractivity contribution in [2.75, 3.05) is 16.8 Å². The molecule has 2 spiro atoms. The number of carbonyl (C=O) groups is 2. The zero-order chi connectivity index (χ0) is 26.9. The van der Waals surface area contributed by atoms with Gasteiger partial charge in [0, 0.05) is 35.3 Å². The van der Waals surface area contributed by atoms with Crippen LogP contribution in [0.4, 0.5) is 11.4 Å². The Morgan fingerprint density at radius 2 is 1.47 bits per heavy atom. The van der Waals surface area contributed by atoms with E-state index in [0.29, 0.717) is 16.9 Å². The number of anilines is 2. The minimum Gasteiger partial charge on any atom is -0.314 e. The fourth-order valence-electron chi connectivity index (χ4n) is 7.09. The Kier molecular flexibility index (Phi) is 4.76. The highest BCUT2D eigenvalue weighted by atomic mass is 16.6. The van der Waals surface area contributed by atoms with Gasteiger partial charge in [-0.25, -0.2) is 0 Å². The van der Waals surface area contributed by atoms with Gasteiger partial charge in [-0.05, 0) is 23.3 Å². The second kappa shape index (κ2) is 7.74. The van der Waals surface area contributed by atoms with Crippen LogP contribution in [0.25, 0.3) is 0 Å². The summed E-state index contributed by atoms with van der Waals surface area (Å²) in [5.41, 5.74) is -4.30. The zero-order valence-electron chi connectivity index (χ0n) is 20.4. The summed E-state index contributed by atoms with van der Waals surface area (Å²) < 4.78 is 0. The number of likely N-dealkylation sites (N-methyl/N-ethyl adjacent to an activating group) is 1. The first-order valence-electron chi connectivity index (χ1n) is 12.1. The summed E-state index contributed by atoms with van der Waals surface area (Å²) in [6, 6.07) is 24.9. The normalized spacial score (nSPS) is 26.3. The van der Waals surface area contributed by atoms with Gasteiger partial charge in [-0.1, -0.05) is 66.7 Å². The number of rotatable bonds is 3. The molecule has 9 nitrogen and oxygen atoms in total. The molecule has 186 valence electrons. The van der Waals surface area contributed by atoms with E-state index in [4.69, 9.17) is 0 Å². The van der Waals surface area contributed by atoms with E-state index in [0.717, 1.165) is 5.56 Å². The van der Waals surface area contributed by atoms with Crippen LogP contribution < -0.4 is 9.80 Å². The maximum absolute atomic E-state index is 14.7. The van der Waals surface area contributed by atoms with Crippen LogP contribution >= 0.6 is 0 Å². The molecule has 3 aromatic carbocycles. The van der Waals surface area contributed by atoms with E-state index in [1.807, 2.05) is 30.3 Å². The Morgan fingerprint density at radius 3 is 2.11 bits per heavy atom. The van der Waals surface area contributed by atoms with Crippen molar-refractivity contribution in [1.82, 2.24) is 0 Å². The monoisotopic (exact) mass is 503 g/mol. The summed E-state index contributed by atoms with van der Waals surface area (Å²) in [6.45, 7) is 0.0905. The number of carbonyl (C=O) groups excluding carboxylic acids is 2. The van der Waals surface area contributed by atoms with Gasteiger partial charge in [0.15, 0.2) is 10.8 Å². The molecule has 0 bridgehead atoms. The average Bonchev–Trinajstić information content (AvgIpc) is 3.45. The fourth-order valence-corrected chi connectivity index (χ4v) is 7.09. The molecule has 2 amide bonds. The van der Waals surface area contributed by atoms with Crippen molar-refractivity contribution in [2.45, 2.75) is 29.8 Å². The second-order valence-electron chi connectivity index (χ2n) is 9.97. The third-order valence-corrected chi connectivity index (χ3v) is 8.60. The third kappa shape index (κ3) is 2.39. The highest BCUT2D eigenvalue weighted by Gasteiger charge is 2.87. The largest absolute Gasteiger partial charge is 0.314 e. The first kappa shape index (κ1) is 23.4. The van der Waals surface area contributed by atoms with Crippen LogP contribution in [0.5, 0.6) is 0 Å². The van der Waals surface area contributed by atoms with Crippen molar-refractivity contribution in [1.29, 1.82) is 10.5 Å². The molecule has 1 saturated carbocycles. The molecular weight excluding hydrogens is 482 g/mol. The summed E-state index contributed by atoms with van der Waals surface area (Å²) in [7, 11) is 1.52. The van der Waals surface area contributed by atoms with E-state index in [2.05, 4.69) is 12.1 Å². The van der Waals surface area contributed by atoms with Crippen LogP contribution in [0, 0.1) is 38.2 Å². The maximum Gasteiger partial charge on any atom is 0.247 e. The Labute approximate surface area is 218 Å². The van der Waals surface area contributed by atoms with Gasteiger partial charge < -0.3 is 9.80 Å². The lowest BCUT2D eigenvalue weighted by atomic mass is 9.53. The van der Waals surface area contributed by atoms with Gasteiger partial charge in [0.1, 0.15) is 5.41 Å². The van der Waals surface area contributed by atoms with Gasteiger partial charge in [-0.15, -0.1) is 0 Å². The predicted molar refractivity (Wildman–Crippen MR) is 136 cm³/mol. The van der Waals surface area contributed by atoms with Gasteiger partial charge in [0.2, 0.25) is 17.9 Å². The minimum absolute atomic E-state index is 0.0905. The molecule has 38 heavy (non-hydrogen) atoms. The first-order chi connectivity index (χ1) is 18.3. The van der Waals surface area contributed by atoms with Crippen LogP contribution in [0.2, 0.25) is 0 Å². The van der Waals surface area contributed by atoms with E-state index >= 15 is 0 Å². The molecule has 3 atom stereocenters. The summed E-state index contributed by atoms with van der Waals surface area (Å²) in [6.07, 6.45) is -0.458. The number of hydrogen-bond donors (Lipinski definition) is 0. The molecule has 0 saturated heterocycles. The van der Waals surface area contributed by atoms with Crippen LogP contribution in [0.3, 0.4) is 0 Å². The van der Waals surface area contributed by atoms with Crippen molar-refractivity contribution < 1.29 is 14.5 Å². The molecule has 3 aliphatic rings. The van der Waals surface area contributed by atoms with E-state index in [1.54, 1.807) is 48.5 Å². The topological polar surface area (TPSA) is 131 Å². The van der Waals surface area contributed by atoms with Gasteiger partial charge in [-0.2, -0.15) is 10.5 Å². The van der Waals surface area contributed by atoms with E-state index in [9.17, 15) is 30.2 Å². The van der Waals surface area contributed by atoms with Crippen LogP contribution in [0.15, 0.2) is 78.9 Å². The van der Waals surface area contributed by atoms with E-state index in [-0.39, 0.29) is 12.1 Å². The number of fused-ring (bicyclic) bond motifs is 4. The zero-order valence-corrected chi connectivity index (χ0v) is 20.4. The molecule has 1 aliphatic carbocycles. The summed E-state index contributed by atoms with van der Waals surface area (Å²) >= 11 is 0. The van der Waals surface area contributed by atoms with Crippen molar-refractivity contribution in [2.24, 2.45) is 5.41 Å². The fraction of sp³-hybridized carbons (Fsp3) is 0.241. The molecule has 0 aromatic heterocycles. The Bertz CT molecular complexity index is 1610. The Balaban J connectivity index is 1.70. The van der Waals surface area contributed by atoms with Crippen LogP contribution in [-0.2, 0) is 27.0 Å². The van der Waals surface area contributed by atoms with Gasteiger partial charge >= 0.3 is 0 Å². The lowest BCUT2D eigenvalue weighted by molar-refractivity contribution is -0.529. The van der Waals surface area contributed by atoms with Gasteiger partial charge in [0.25, 0.3) is 0 Å². The quantitative estimate of drug-likeness (QED) is 0.397. The van der Waals surface area contributed by atoms with Crippen molar-refractivity contribution in [3.05, 3.63) is 106 Å². The molecule has 9 heteroatoms. The van der Waals surface area contributed by atoms with Crippen molar-refractivity contribution >= 4 is 23.2 Å². The lowest BCUT2D eigenvalue weighted by Crippen LogP contribution is -2.61. The number of nitrogens with zero attached hydrogens (tertiary/aromatic N) is 5. The van der Waals surface area contributed by atoms with E-state index in [1.165, 1.54) is 16.8 Å². The molecule has 0 N–H and O–H groups in total. The van der Waals surface area contributed by atoms with Crippen LogP contribution in [0.1, 0.15) is 23.1 Å². The molecular formula is C29H21N5O4. The molecule has 3 unspecified atom stereocenters. The minimum atomic E-state index is -2.39. The smallest absolute Gasteiger partial charge is 0.247 e. The Hall–Kier alpha value is -5.02. The Morgan fingerprint density at radius 1 is 0.895 bits per heavy atom. The van der Waals surface area contributed by atoms with E-state index < -0.39 is 45.4 Å². The SMILES string of the molecule is CN1C(=O)C2(CC([N+](=O)[O-])C3(C(=O)N(Cc4ccccc4)c4ccccc43)C2(C#N)C#N)c2ccccc21. The number of para-hydroxylation sites is 2. The summed E-state index contributed by atoms with van der Waals surface area (Å²) in [5.74, 6) is -1.32. The second-order valence-corrected chi connectivity index (χ2v) is 9.97. The third-order valence-electron chi connectivity index (χ3n) is 8.60. The number of nitriles is 2. The summed E-state index contributed by atoms with van der Waals surface area (Å²) in [5, 5.41) is 34.6.